The number of nitrogens with zero attached hydrogens (tertiary/aromatic N) is 3. The van der Waals surface area contributed by atoms with Crippen LogP contribution in [-0.4, -0.2) is 53.5 Å². The van der Waals surface area contributed by atoms with Crippen LogP contribution in [0.1, 0.15) is 44.2 Å². The number of aliphatic hydroxyl groups excluding tert-OH is 2. The molecule has 1 fully saturated rings. The molecule has 2 N–H and O–H groups in total. The first-order chi connectivity index (χ1) is 15.2. The molecule has 1 aliphatic carbocycles. The molecule has 1 aromatic heterocycles. The van der Waals surface area contributed by atoms with Crippen molar-refractivity contribution in [2.24, 2.45) is 5.92 Å². The Bertz CT molecular complexity index is 1060. The predicted molar refractivity (Wildman–Crippen MR) is 122 cm³/mol. The molecule has 0 aliphatic heterocycles. The Labute approximate surface area is 193 Å². The summed E-state index contributed by atoms with van der Waals surface area (Å²) in [6, 6.07) is 4.30. The van der Waals surface area contributed by atoms with Crippen LogP contribution in [0.2, 0.25) is 5.02 Å². The van der Waals surface area contributed by atoms with Crippen molar-refractivity contribution in [2.75, 3.05) is 17.8 Å². The Morgan fingerprint density at radius 1 is 1.25 bits per heavy atom. The lowest BCUT2D eigenvalue weighted by Gasteiger charge is -2.25. The second kappa shape index (κ2) is 10.7. The van der Waals surface area contributed by atoms with Crippen LogP contribution < -0.4 is 4.90 Å². The molecule has 0 spiro atoms. The van der Waals surface area contributed by atoms with Gasteiger partial charge in [-0.15, -0.1) is 0 Å². The molecule has 1 aromatic carbocycles. The van der Waals surface area contributed by atoms with Gasteiger partial charge in [0, 0.05) is 31.5 Å². The summed E-state index contributed by atoms with van der Waals surface area (Å²) in [6.07, 6.45) is 8.51. The van der Waals surface area contributed by atoms with Crippen LogP contribution in [0.4, 0.5) is 11.5 Å². The molecule has 0 radical (unpaired) electrons. The number of aliphatic hydroxyl groups is 2. The van der Waals surface area contributed by atoms with Crippen LogP contribution in [0.25, 0.3) is 0 Å². The zero-order chi connectivity index (χ0) is 23.3. The number of halogens is 1. The first kappa shape index (κ1) is 24.6. The molecule has 3 rings (SSSR count). The van der Waals surface area contributed by atoms with Gasteiger partial charge in [0.25, 0.3) is 0 Å². The fraction of sp³-hybridized carbons (Fsp3) is 0.500. The highest BCUT2D eigenvalue weighted by molar-refractivity contribution is 7.90. The maximum Gasteiger partial charge on any atom is 0.232 e. The van der Waals surface area contributed by atoms with Crippen molar-refractivity contribution in [3.8, 4) is 0 Å². The summed E-state index contributed by atoms with van der Waals surface area (Å²) < 4.78 is 23.9. The fourth-order valence-corrected chi connectivity index (χ4v) is 5.35. The topological polar surface area (TPSA) is 121 Å². The van der Waals surface area contributed by atoms with Gasteiger partial charge >= 0.3 is 0 Å². The van der Waals surface area contributed by atoms with Gasteiger partial charge in [-0.3, -0.25) is 14.7 Å². The minimum atomic E-state index is -3.53. The SMILES string of the molecule is CS(=O)(=O)c1ccc(N(C(=O)CCC2CCCC2)c2nccnc2C[C@@H](O)CO)cc1Cl. The van der Waals surface area contributed by atoms with Gasteiger partial charge in [-0.05, 0) is 30.5 Å². The summed E-state index contributed by atoms with van der Waals surface area (Å²) in [5.41, 5.74) is 0.700. The van der Waals surface area contributed by atoms with Gasteiger partial charge in [-0.25, -0.2) is 13.4 Å². The average Bonchev–Trinajstić information content (AvgIpc) is 3.26. The van der Waals surface area contributed by atoms with E-state index < -0.39 is 22.5 Å². The van der Waals surface area contributed by atoms with Crippen molar-refractivity contribution < 1.29 is 23.4 Å². The fourth-order valence-electron chi connectivity index (χ4n) is 4.03. The normalized spacial score (nSPS) is 15.6. The molecule has 1 heterocycles. The number of sulfone groups is 1. The number of carbonyl (C=O) groups excluding carboxylic acids is 1. The minimum absolute atomic E-state index is 0.000531. The highest BCUT2D eigenvalue weighted by Crippen LogP contribution is 2.34. The first-order valence-corrected chi connectivity index (χ1v) is 12.9. The third-order valence-electron chi connectivity index (χ3n) is 5.67. The number of benzene rings is 1. The standard InChI is InChI=1S/C22H28ClN3O5S/c1-32(30,31)20-8-7-16(12-18(20)23)26(21(29)9-6-15-4-2-3-5-15)22-19(13-17(28)14-27)24-10-11-25-22/h7-8,10-12,15,17,27-28H,2-6,9,13-14H2,1H3/t17-/m1/s1. The number of rotatable bonds is 9. The largest absolute Gasteiger partial charge is 0.394 e. The highest BCUT2D eigenvalue weighted by Gasteiger charge is 2.26. The molecule has 1 atom stereocenters. The number of carbonyl (C=O) groups is 1. The average molecular weight is 482 g/mol. The second-order valence-corrected chi connectivity index (χ2v) is 10.6. The Kier molecular flexibility index (Phi) is 8.21. The summed E-state index contributed by atoms with van der Waals surface area (Å²) in [5.74, 6) is 0.509. The quantitative estimate of drug-likeness (QED) is 0.564. The van der Waals surface area contributed by atoms with Gasteiger partial charge in [0.05, 0.1) is 34.0 Å². The number of hydrogen-bond acceptors (Lipinski definition) is 7. The van der Waals surface area contributed by atoms with E-state index in [2.05, 4.69) is 9.97 Å². The number of hydrogen-bond donors (Lipinski definition) is 2. The number of amides is 1. The van der Waals surface area contributed by atoms with Crippen molar-refractivity contribution >= 4 is 38.9 Å². The van der Waals surface area contributed by atoms with Crippen LogP contribution in [-0.2, 0) is 21.1 Å². The maximum absolute atomic E-state index is 13.4. The molecule has 1 amide bonds. The van der Waals surface area contributed by atoms with E-state index in [1.807, 2.05) is 0 Å². The van der Waals surface area contributed by atoms with Crippen LogP contribution in [0, 0.1) is 5.92 Å². The van der Waals surface area contributed by atoms with E-state index in [0.717, 1.165) is 25.5 Å². The smallest absolute Gasteiger partial charge is 0.232 e. The van der Waals surface area contributed by atoms with Crippen molar-refractivity contribution in [2.45, 2.75) is 55.9 Å². The van der Waals surface area contributed by atoms with Gasteiger partial charge < -0.3 is 10.2 Å². The summed E-state index contributed by atoms with van der Waals surface area (Å²) >= 11 is 6.25. The van der Waals surface area contributed by atoms with Gasteiger partial charge in [-0.1, -0.05) is 37.3 Å². The zero-order valence-corrected chi connectivity index (χ0v) is 19.5. The van der Waals surface area contributed by atoms with E-state index >= 15 is 0 Å². The first-order valence-electron chi connectivity index (χ1n) is 10.6. The molecule has 1 saturated carbocycles. The Morgan fingerprint density at radius 3 is 2.56 bits per heavy atom. The van der Waals surface area contributed by atoms with Gasteiger partial charge in [0.1, 0.15) is 0 Å². The summed E-state index contributed by atoms with van der Waals surface area (Å²) in [4.78, 5) is 23.3. The highest BCUT2D eigenvalue weighted by atomic mass is 35.5. The van der Waals surface area contributed by atoms with E-state index in [1.165, 1.54) is 48.3 Å². The molecule has 10 heteroatoms. The van der Waals surface area contributed by atoms with E-state index in [0.29, 0.717) is 17.3 Å². The molecular formula is C22H28ClN3O5S. The van der Waals surface area contributed by atoms with E-state index in [4.69, 9.17) is 11.6 Å². The zero-order valence-electron chi connectivity index (χ0n) is 17.9. The molecule has 0 saturated heterocycles. The van der Waals surface area contributed by atoms with Crippen LogP contribution in [0.3, 0.4) is 0 Å². The van der Waals surface area contributed by atoms with E-state index in [1.54, 1.807) is 0 Å². The lowest BCUT2D eigenvalue weighted by Crippen LogP contribution is -2.29. The molecule has 0 unspecified atom stereocenters. The molecule has 174 valence electrons. The summed E-state index contributed by atoms with van der Waals surface area (Å²) in [6.45, 7) is -0.458. The maximum atomic E-state index is 13.4. The third kappa shape index (κ3) is 6.04. The Morgan fingerprint density at radius 2 is 1.94 bits per heavy atom. The predicted octanol–water partition coefficient (Wildman–Crippen LogP) is 3.06. The van der Waals surface area contributed by atoms with Crippen molar-refractivity contribution in [1.82, 2.24) is 9.97 Å². The van der Waals surface area contributed by atoms with Crippen LogP contribution in [0.15, 0.2) is 35.5 Å². The van der Waals surface area contributed by atoms with Crippen molar-refractivity contribution in [3.05, 3.63) is 41.3 Å². The summed E-state index contributed by atoms with van der Waals surface area (Å²) in [5, 5.41) is 19.2. The lowest BCUT2D eigenvalue weighted by atomic mass is 10.0. The monoisotopic (exact) mass is 481 g/mol. The third-order valence-corrected chi connectivity index (χ3v) is 7.25. The van der Waals surface area contributed by atoms with Crippen LogP contribution >= 0.6 is 11.6 Å². The number of aromatic nitrogens is 2. The van der Waals surface area contributed by atoms with Gasteiger partial charge in [0.2, 0.25) is 5.91 Å². The Hall–Kier alpha value is -2.07. The van der Waals surface area contributed by atoms with Crippen LogP contribution in [0.5, 0.6) is 0 Å². The molecular weight excluding hydrogens is 454 g/mol. The van der Waals surface area contributed by atoms with Gasteiger partial charge in [0.15, 0.2) is 15.7 Å². The van der Waals surface area contributed by atoms with Crippen molar-refractivity contribution in [1.29, 1.82) is 0 Å². The molecule has 1 aliphatic rings. The minimum Gasteiger partial charge on any atom is -0.394 e. The summed E-state index contributed by atoms with van der Waals surface area (Å²) in [7, 11) is -3.53. The molecule has 2 aromatic rings. The second-order valence-electron chi connectivity index (χ2n) is 8.17. The Balaban J connectivity index is 2.00. The molecule has 32 heavy (non-hydrogen) atoms. The van der Waals surface area contributed by atoms with Gasteiger partial charge in [-0.2, -0.15) is 0 Å². The van der Waals surface area contributed by atoms with E-state index in [9.17, 15) is 23.4 Å². The lowest BCUT2D eigenvalue weighted by molar-refractivity contribution is -0.118. The van der Waals surface area contributed by atoms with Crippen molar-refractivity contribution in [3.63, 3.8) is 0 Å². The molecule has 0 bridgehead atoms. The van der Waals surface area contributed by atoms with E-state index in [-0.39, 0.29) is 34.5 Å². The molecule has 8 nitrogen and oxygen atoms in total. The number of anilines is 2.